The number of nitrogens with zero attached hydrogens (tertiary/aromatic N) is 5. The molecule has 0 fully saturated rings. The summed E-state index contributed by atoms with van der Waals surface area (Å²) < 4.78 is 47.7. The Bertz CT molecular complexity index is 1300. The van der Waals surface area contributed by atoms with Gasteiger partial charge in [-0.3, -0.25) is 9.78 Å². The molecule has 4 rings (SSSR count). The summed E-state index contributed by atoms with van der Waals surface area (Å²) in [5.74, 6) is 0.196. The maximum absolute atomic E-state index is 13.7. The molecule has 0 atom stereocenters. The Morgan fingerprint density at radius 2 is 1.88 bits per heavy atom. The monoisotopic (exact) mass is 470 g/mol. The summed E-state index contributed by atoms with van der Waals surface area (Å²) in [4.78, 5) is 20.4. The topological polar surface area (TPSA) is 98.7 Å². The molecule has 1 amide bonds. The molecular formula is C23H21F3N6O2. The van der Waals surface area contributed by atoms with Gasteiger partial charge in [0.1, 0.15) is 0 Å². The predicted octanol–water partition coefficient (Wildman–Crippen LogP) is 4.20. The molecule has 8 nitrogen and oxygen atoms in total. The lowest BCUT2D eigenvalue weighted by atomic mass is 10.1. The van der Waals surface area contributed by atoms with E-state index in [1.807, 2.05) is 0 Å². The van der Waals surface area contributed by atoms with Crippen molar-refractivity contribution in [2.75, 3.05) is 0 Å². The minimum absolute atomic E-state index is 0.0107. The first-order chi connectivity index (χ1) is 16.2. The van der Waals surface area contributed by atoms with Crippen molar-refractivity contribution in [3.8, 4) is 17.1 Å². The summed E-state index contributed by atoms with van der Waals surface area (Å²) in [7, 11) is 0. The van der Waals surface area contributed by atoms with Crippen molar-refractivity contribution in [3.05, 3.63) is 77.2 Å². The third-order valence-electron chi connectivity index (χ3n) is 5.10. The second kappa shape index (κ2) is 9.46. The number of nitrogens with one attached hydrogen (secondary N) is 1. The maximum Gasteiger partial charge on any atom is 0.416 e. The van der Waals surface area contributed by atoms with Crippen molar-refractivity contribution in [1.82, 2.24) is 30.2 Å². The van der Waals surface area contributed by atoms with Crippen LogP contribution in [0.4, 0.5) is 13.2 Å². The Balaban J connectivity index is 1.40. The Labute approximate surface area is 192 Å². The summed E-state index contributed by atoms with van der Waals surface area (Å²) in [6.45, 7) is 3.27. The first kappa shape index (κ1) is 23.1. The van der Waals surface area contributed by atoms with E-state index in [1.54, 1.807) is 50.5 Å². The molecule has 3 heterocycles. The lowest BCUT2D eigenvalue weighted by Crippen LogP contribution is -2.25. The number of aromatic nitrogens is 5. The van der Waals surface area contributed by atoms with E-state index >= 15 is 0 Å². The Hall–Kier alpha value is -4.02. The summed E-state index contributed by atoms with van der Waals surface area (Å²) in [6, 6.07) is 9.17. The molecule has 0 saturated carbocycles. The molecule has 1 N–H and O–H groups in total. The zero-order valence-corrected chi connectivity index (χ0v) is 18.4. The van der Waals surface area contributed by atoms with Gasteiger partial charge in [-0.15, -0.1) is 0 Å². The molecule has 0 radical (unpaired) electrons. The lowest BCUT2D eigenvalue weighted by Gasteiger charge is -2.16. The summed E-state index contributed by atoms with van der Waals surface area (Å²) in [6.07, 6.45) is -1.25. The highest BCUT2D eigenvalue weighted by molar-refractivity contribution is 5.76. The van der Waals surface area contributed by atoms with Gasteiger partial charge in [0.2, 0.25) is 17.6 Å². The maximum atomic E-state index is 13.7. The van der Waals surface area contributed by atoms with Crippen LogP contribution in [0, 0.1) is 13.8 Å². The summed E-state index contributed by atoms with van der Waals surface area (Å²) >= 11 is 0. The standard InChI is InChI=1S/C23H21F3N6O2/c1-14-11-15(2)32(30-14)18-4-3-17(19(12-18)23(24,25)26)13-28-20(33)5-6-21-29-22(31-34-21)16-7-9-27-10-8-16/h3-4,7-12H,5-6,13H2,1-2H3,(H,28,33). The number of benzene rings is 1. The highest BCUT2D eigenvalue weighted by Gasteiger charge is 2.34. The van der Waals surface area contributed by atoms with Crippen LogP contribution in [0.3, 0.4) is 0 Å². The van der Waals surface area contributed by atoms with Crippen LogP contribution in [0.2, 0.25) is 0 Å². The molecule has 0 aliphatic rings. The normalized spacial score (nSPS) is 11.6. The van der Waals surface area contributed by atoms with Crippen LogP contribution in [-0.2, 0) is 23.9 Å². The van der Waals surface area contributed by atoms with E-state index in [1.165, 1.54) is 10.7 Å². The average molecular weight is 470 g/mol. The molecule has 0 bridgehead atoms. The molecule has 1 aromatic carbocycles. The molecule has 34 heavy (non-hydrogen) atoms. The third kappa shape index (κ3) is 5.30. The number of carbonyl (C=O) groups excluding carboxylic acids is 1. The highest BCUT2D eigenvalue weighted by atomic mass is 19.4. The van der Waals surface area contributed by atoms with Crippen LogP contribution in [0.15, 0.2) is 53.3 Å². The molecule has 0 spiro atoms. The number of hydrogen-bond donors (Lipinski definition) is 1. The molecule has 11 heteroatoms. The van der Waals surface area contributed by atoms with E-state index < -0.39 is 17.6 Å². The number of halogens is 3. The molecule has 4 aromatic rings. The Morgan fingerprint density at radius 1 is 1.12 bits per heavy atom. The van der Waals surface area contributed by atoms with Crippen LogP contribution < -0.4 is 5.32 Å². The molecule has 0 unspecified atom stereocenters. The van der Waals surface area contributed by atoms with Crippen LogP contribution in [0.25, 0.3) is 17.1 Å². The second-order valence-corrected chi connectivity index (χ2v) is 7.70. The lowest BCUT2D eigenvalue weighted by molar-refractivity contribution is -0.138. The first-order valence-electron chi connectivity index (χ1n) is 10.4. The fourth-order valence-corrected chi connectivity index (χ4v) is 3.48. The minimum atomic E-state index is -4.58. The van der Waals surface area contributed by atoms with Gasteiger partial charge in [-0.05, 0) is 49.7 Å². The summed E-state index contributed by atoms with van der Waals surface area (Å²) in [5.41, 5.74) is 1.59. The van der Waals surface area contributed by atoms with Gasteiger partial charge in [0, 0.05) is 43.0 Å². The largest absolute Gasteiger partial charge is 0.416 e. The number of pyridine rings is 1. The molecule has 0 aliphatic carbocycles. The molecule has 3 aromatic heterocycles. The van der Waals surface area contributed by atoms with Gasteiger partial charge in [-0.1, -0.05) is 11.2 Å². The second-order valence-electron chi connectivity index (χ2n) is 7.70. The van der Waals surface area contributed by atoms with Crippen molar-refractivity contribution in [2.24, 2.45) is 0 Å². The van der Waals surface area contributed by atoms with E-state index in [0.717, 1.165) is 17.3 Å². The van der Waals surface area contributed by atoms with Gasteiger partial charge < -0.3 is 9.84 Å². The third-order valence-corrected chi connectivity index (χ3v) is 5.10. The number of aryl methyl sites for hydroxylation is 3. The van der Waals surface area contributed by atoms with Gasteiger partial charge in [-0.2, -0.15) is 23.3 Å². The summed E-state index contributed by atoms with van der Waals surface area (Å²) in [5, 5.41) is 10.6. The quantitative estimate of drug-likeness (QED) is 0.435. The van der Waals surface area contributed by atoms with E-state index in [9.17, 15) is 18.0 Å². The SMILES string of the molecule is Cc1cc(C)n(-c2ccc(CNC(=O)CCc3nc(-c4ccncc4)no3)c(C(F)(F)F)c2)n1. The van der Waals surface area contributed by atoms with E-state index in [-0.39, 0.29) is 30.8 Å². The Kier molecular flexibility index (Phi) is 6.44. The van der Waals surface area contributed by atoms with Crippen molar-refractivity contribution < 1.29 is 22.5 Å². The fraction of sp³-hybridized carbons (Fsp3) is 0.261. The smallest absolute Gasteiger partial charge is 0.352 e. The number of alkyl halides is 3. The number of rotatable bonds is 7. The van der Waals surface area contributed by atoms with Gasteiger partial charge in [0.25, 0.3) is 0 Å². The average Bonchev–Trinajstić information content (AvgIpc) is 3.42. The minimum Gasteiger partial charge on any atom is -0.352 e. The van der Waals surface area contributed by atoms with Crippen LogP contribution >= 0.6 is 0 Å². The van der Waals surface area contributed by atoms with Crippen molar-refractivity contribution in [2.45, 2.75) is 39.4 Å². The van der Waals surface area contributed by atoms with Crippen LogP contribution in [0.5, 0.6) is 0 Å². The molecule has 0 aliphatic heterocycles. The van der Waals surface area contributed by atoms with Crippen molar-refractivity contribution in [3.63, 3.8) is 0 Å². The fourth-order valence-electron chi connectivity index (χ4n) is 3.48. The predicted molar refractivity (Wildman–Crippen MR) is 116 cm³/mol. The molecular weight excluding hydrogens is 449 g/mol. The van der Waals surface area contributed by atoms with E-state index in [4.69, 9.17) is 4.52 Å². The van der Waals surface area contributed by atoms with Gasteiger partial charge >= 0.3 is 6.18 Å². The van der Waals surface area contributed by atoms with E-state index in [0.29, 0.717) is 17.2 Å². The zero-order valence-electron chi connectivity index (χ0n) is 18.4. The molecule has 0 saturated heterocycles. The van der Waals surface area contributed by atoms with Gasteiger partial charge in [0.05, 0.1) is 16.9 Å². The van der Waals surface area contributed by atoms with Crippen LogP contribution in [0.1, 0.15) is 34.8 Å². The number of amides is 1. The highest BCUT2D eigenvalue weighted by Crippen LogP contribution is 2.33. The zero-order chi connectivity index (χ0) is 24.3. The van der Waals surface area contributed by atoms with Crippen LogP contribution in [-0.4, -0.2) is 30.8 Å². The van der Waals surface area contributed by atoms with Gasteiger partial charge in [-0.25, -0.2) is 4.68 Å². The first-order valence-corrected chi connectivity index (χ1v) is 10.4. The van der Waals surface area contributed by atoms with Crippen molar-refractivity contribution >= 4 is 5.91 Å². The van der Waals surface area contributed by atoms with E-state index in [2.05, 4.69) is 25.5 Å². The van der Waals surface area contributed by atoms with Crippen molar-refractivity contribution in [1.29, 1.82) is 0 Å². The number of hydrogen-bond acceptors (Lipinski definition) is 6. The van der Waals surface area contributed by atoms with Gasteiger partial charge in [0.15, 0.2) is 0 Å². The number of carbonyl (C=O) groups is 1. The molecule has 176 valence electrons. The Morgan fingerprint density at radius 3 is 2.56 bits per heavy atom.